The van der Waals surface area contributed by atoms with Crippen molar-refractivity contribution in [2.75, 3.05) is 11.9 Å². The Morgan fingerprint density at radius 1 is 1.33 bits per heavy atom. The molecule has 0 saturated heterocycles. The molecular formula is C15H21ClF3NO. The van der Waals surface area contributed by atoms with Crippen molar-refractivity contribution in [3.05, 3.63) is 23.2 Å². The summed E-state index contributed by atoms with van der Waals surface area (Å²) in [5.41, 5.74) is 0.718. The van der Waals surface area contributed by atoms with Crippen LogP contribution in [-0.4, -0.2) is 18.8 Å². The van der Waals surface area contributed by atoms with Gasteiger partial charge in [-0.3, -0.25) is 0 Å². The Balaban J connectivity index is 2.57. The van der Waals surface area contributed by atoms with Crippen LogP contribution in [0.4, 0.5) is 18.9 Å². The lowest BCUT2D eigenvalue weighted by Gasteiger charge is -2.19. The first-order valence-electron chi connectivity index (χ1n) is 7.07. The molecular weight excluding hydrogens is 303 g/mol. The number of halogens is 4. The summed E-state index contributed by atoms with van der Waals surface area (Å²) in [5, 5.41) is 3.73. The third kappa shape index (κ3) is 7.46. The highest BCUT2D eigenvalue weighted by Gasteiger charge is 2.26. The van der Waals surface area contributed by atoms with Crippen LogP contribution in [0, 0.1) is 0 Å². The van der Waals surface area contributed by atoms with Gasteiger partial charge in [0.25, 0.3) is 0 Å². The zero-order valence-corrected chi connectivity index (χ0v) is 13.0. The summed E-state index contributed by atoms with van der Waals surface area (Å²) in [4.78, 5) is 0. The molecule has 0 amide bonds. The summed E-state index contributed by atoms with van der Waals surface area (Å²) in [6, 6.07) is 5.14. The smallest absolute Gasteiger partial charge is 0.389 e. The van der Waals surface area contributed by atoms with Crippen molar-refractivity contribution in [2.24, 2.45) is 0 Å². The molecule has 0 saturated carbocycles. The van der Waals surface area contributed by atoms with Gasteiger partial charge in [-0.2, -0.15) is 13.2 Å². The molecule has 0 aromatic heterocycles. The van der Waals surface area contributed by atoms with Gasteiger partial charge < -0.3 is 10.1 Å². The number of benzene rings is 1. The molecule has 0 fully saturated rings. The van der Waals surface area contributed by atoms with Crippen LogP contribution >= 0.6 is 11.6 Å². The monoisotopic (exact) mass is 323 g/mol. The minimum Gasteiger partial charge on any atom is -0.491 e. The molecule has 0 aliphatic heterocycles. The van der Waals surface area contributed by atoms with Crippen LogP contribution in [-0.2, 0) is 0 Å². The van der Waals surface area contributed by atoms with E-state index in [-0.39, 0.29) is 12.5 Å². The van der Waals surface area contributed by atoms with Gasteiger partial charge in [0.15, 0.2) is 0 Å². The van der Waals surface area contributed by atoms with Gasteiger partial charge >= 0.3 is 6.18 Å². The van der Waals surface area contributed by atoms with E-state index in [0.29, 0.717) is 23.8 Å². The number of ether oxygens (including phenoxy) is 1. The molecule has 21 heavy (non-hydrogen) atoms. The molecule has 1 aromatic carbocycles. The quantitative estimate of drug-likeness (QED) is 0.666. The molecule has 0 radical (unpaired) electrons. The molecule has 120 valence electrons. The second-order valence-corrected chi connectivity index (χ2v) is 5.48. The average Bonchev–Trinajstić information content (AvgIpc) is 2.36. The number of nitrogens with one attached hydrogen (secondary N) is 1. The van der Waals surface area contributed by atoms with Gasteiger partial charge in [0.2, 0.25) is 0 Å². The third-order valence-corrected chi connectivity index (χ3v) is 3.14. The highest BCUT2D eigenvalue weighted by atomic mass is 35.5. The average molecular weight is 324 g/mol. The van der Waals surface area contributed by atoms with Crippen LogP contribution in [0.3, 0.4) is 0 Å². The summed E-state index contributed by atoms with van der Waals surface area (Å²) in [7, 11) is 0. The van der Waals surface area contributed by atoms with Gasteiger partial charge in [-0.1, -0.05) is 18.5 Å². The van der Waals surface area contributed by atoms with E-state index in [2.05, 4.69) is 5.32 Å². The number of hydrogen-bond acceptors (Lipinski definition) is 2. The van der Waals surface area contributed by atoms with Crippen LogP contribution in [0.1, 0.15) is 39.5 Å². The van der Waals surface area contributed by atoms with Gasteiger partial charge in [0.05, 0.1) is 12.3 Å². The minimum absolute atomic E-state index is 0.0882. The molecule has 1 rings (SSSR count). The standard InChI is InChI=1S/C15H21ClF3NO/c1-3-9-21-14-7-6-12(16)10-13(14)20-11(2)5-4-8-15(17,18)19/h6-7,10-11,20H,3-5,8-9H2,1-2H3. The second kappa shape index (κ2) is 8.37. The van der Waals surface area contributed by atoms with E-state index in [1.54, 1.807) is 18.2 Å². The minimum atomic E-state index is -4.09. The predicted octanol–water partition coefficient (Wildman–Crippen LogP) is 5.66. The summed E-state index contributed by atoms with van der Waals surface area (Å²) in [6.45, 7) is 4.43. The van der Waals surface area contributed by atoms with E-state index in [9.17, 15) is 13.2 Å². The van der Waals surface area contributed by atoms with Gasteiger partial charge in [0.1, 0.15) is 5.75 Å². The molecule has 1 N–H and O–H groups in total. The molecule has 0 aliphatic carbocycles. The fourth-order valence-corrected chi connectivity index (χ4v) is 2.07. The molecule has 1 unspecified atom stereocenters. The molecule has 0 aliphatic rings. The van der Waals surface area contributed by atoms with Crippen LogP contribution < -0.4 is 10.1 Å². The molecule has 2 nitrogen and oxygen atoms in total. The Bertz CT molecular complexity index is 437. The number of rotatable bonds is 8. The van der Waals surface area contributed by atoms with Gasteiger partial charge in [-0.05, 0) is 44.4 Å². The largest absolute Gasteiger partial charge is 0.491 e. The lowest BCUT2D eigenvalue weighted by atomic mass is 10.1. The maximum Gasteiger partial charge on any atom is 0.389 e. The SMILES string of the molecule is CCCOc1ccc(Cl)cc1NC(C)CCCC(F)(F)F. The van der Waals surface area contributed by atoms with Crippen molar-refractivity contribution >= 4 is 17.3 Å². The van der Waals surface area contributed by atoms with Crippen LogP contribution in [0.15, 0.2) is 18.2 Å². The molecule has 1 aromatic rings. The van der Waals surface area contributed by atoms with Crippen molar-refractivity contribution in [1.29, 1.82) is 0 Å². The van der Waals surface area contributed by atoms with E-state index >= 15 is 0 Å². The van der Waals surface area contributed by atoms with E-state index in [1.807, 2.05) is 13.8 Å². The van der Waals surface area contributed by atoms with Crippen LogP contribution in [0.2, 0.25) is 5.02 Å². The predicted molar refractivity (Wildman–Crippen MR) is 80.2 cm³/mol. The highest BCUT2D eigenvalue weighted by Crippen LogP contribution is 2.30. The normalized spacial score (nSPS) is 13.0. The van der Waals surface area contributed by atoms with E-state index in [4.69, 9.17) is 16.3 Å². The van der Waals surface area contributed by atoms with Crippen LogP contribution in [0.25, 0.3) is 0 Å². The zero-order valence-electron chi connectivity index (χ0n) is 12.3. The van der Waals surface area contributed by atoms with Crippen molar-refractivity contribution in [3.63, 3.8) is 0 Å². The number of alkyl halides is 3. The topological polar surface area (TPSA) is 21.3 Å². The van der Waals surface area contributed by atoms with E-state index < -0.39 is 12.6 Å². The summed E-state index contributed by atoms with van der Waals surface area (Å²) < 4.78 is 42.0. The summed E-state index contributed by atoms with van der Waals surface area (Å²) in [5.74, 6) is 0.670. The number of anilines is 1. The maximum atomic E-state index is 12.1. The second-order valence-electron chi connectivity index (χ2n) is 5.04. The molecule has 1 atom stereocenters. The number of hydrogen-bond donors (Lipinski definition) is 1. The van der Waals surface area contributed by atoms with Gasteiger partial charge in [0, 0.05) is 17.5 Å². The Kier molecular flexibility index (Phi) is 7.15. The Morgan fingerprint density at radius 2 is 2.05 bits per heavy atom. The first-order valence-corrected chi connectivity index (χ1v) is 7.45. The van der Waals surface area contributed by atoms with Crippen molar-refractivity contribution in [2.45, 2.75) is 51.7 Å². The van der Waals surface area contributed by atoms with Crippen molar-refractivity contribution in [1.82, 2.24) is 0 Å². The molecule has 6 heteroatoms. The maximum absolute atomic E-state index is 12.1. The third-order valence-electron chi connectivity index (χ3n) is 2.90. The van der Waals surface area contributed by atoms with Gasteiger partial charge in [-0.25, -0.2) is 0 Å². The van der Waals surface area contributed by atoms with Crippen LogP contribution in [0.5, 0.6) is 5.75 Å². The zero-order chi connectivity index (χ0) is 15.9. The Labute approximate surface area is 128 Å². The lowest BCUT2D eigenvalue weighted by molar-refractivity contribution is -0.135. The fourth-order valence-electron chi connectivity index (χ4n) is 1.90. The summed E-state index contributed by atoms with van der Waals surface area (Å²) in [6.07, 6.45) is -3.44. The summed E-state index contributed by atoms with van der Waals surface area (Å²) >= 11 is 5.95. The lowest BCUT2D eigenvalue weighted by Crippen LogP contribution is -2.17. The molecule has 0 heterocycles. The Morgan fingerprint density at radius 3 is 2.67 bits per heavy atom. The molecule has 0 spiro atoms. The fraction of sp³-hybridized carbons (Fsp3) is 0.600. The first kappa shape index (κ1) is 18.0. The van der Waals surface area contributed by atoms with E-state index in [1.165, 1.54) is 0 Å². The first-order chi connectivity index (χ1) is 9.81. The van der Waals surface area contributed by atoms with Gasteiger partial charge in [-0.15, -0.1) is 0 Å². The van der Waals surface area contributed by atoms with Crippen molar-refractivity contribution in [3.8, 4) is 5.75 Å². The van der Waals surface area contributed by atoms with Crippen molar-refractivity contribution < 1.29 is 17.9 Å². The molecule has 0 bridgehead atoms. The van der Waals surface area contributed by atoms with E-state index in [0.717, 1.165) is 12.1 Å². The Hall–Kier alpha value is -1.10. The highest BCUT2D eigenvalue weighted by molar-refractivity contribution is 6.30.